The standard InChI is InChI=1S/C6H11NO.C6H15N/c1-3-4-5(2)6(7)8;1-4-7(5-2)6-3/h4H,3H2,1-2H3,(H2,7,8);4-6H2,1-3H3. The highest BCUT2D eigenvalue weighted by molar-refractivity contribution is 5.91. The summed E-state index contributed by atoms with van der Waals surface area (Å²) in [5.41, 5.74) is 5.56. The average molecular weight is 214 g/mol. The largest absolute Gasteiger partial charge is 0.366 e. The summed E-state index contributed by atoms with van der Waals surface area (Å²) in [5, 5.41) is 0. The third-order valence-corrected chi connectivity index (χ3v) is 2.24. The van der Waals surface area contributed by atoms with Crippen LogP contribution >= 0.6 is 0 Å². The minimum Gasteiger partial charge on any atom is -0.366 e. The lowest BCUT2D eigenvalue weighted by Gasteiger charge is -2.13. The molecule has 0 aliphatic carbocycles. The molecule has 3 heteroatoms. The number of nitrogens with two attached hydrogens (primary N) is 1. The predicted molar refractivity (Wildman–Crippen MR) is 66.7 cm³/mol. The zero-order valence-corrected chi connectivity index (χ0v) is 10.8. The molecule has 0 aliphatic heterocycles. The first-order valence-electron chi connectivity index (χ1n) is 5.72. The number of amides is 1. The number of allylic oxidation sites excluding steroid dienone is 1. The van der Waals surface area contributed by atoms with Crippen LogP contribution in [0.5, 0.6) is 0 Å². The molecule has 0 radical (unpaired) electrons. The van der Waals surface area contributed by atoms with Crippen molar-refractivity contribution in [3.63, 3.8) is 0 Å². The number of rotatable bonds is 5. The third kappa shape index (κ3) is 11.1. The summed E-state index contributed by atoms with van der Waals surface area (Å²) < 4.78 is 0. The number of hydrogen-bond donors (Lipinski definition) is 1. The lowest BCUT2D eigenvalue weighted by molar-refractivity contribution is -0.114. The molecule has 0 aromatic heterocycles. The maximum Gasteiger partial charge on any atom is 0.244 e. The molecule has 0 fully saturated rings. The lowest BCUT2D eigenvalue weighted by Crippen LogP contribution is -2.21. The van der Waals surface area contributed by atoms with Gasteiger partial charge in [0, 0.05) is 5.57 Å². The van der Waals surface area contributed by atoms with Crippen LogP contribution in [0.15, 0.2) is 11.6 Å². The average Bonchev–Trinajstić information content (AvgIpc) is 2.21. The number of carbonyl (C=O) groups is 1. The van der Waals surface area contributed by atoms with Gasteiger partial charge in [-0.05, 0) is 33.0 Å². The highest BCUT2D eigenvalue weighted by Gasteiger charge is 1.92. The predicted octanol–water partition coefficient (Wildman–Crippen LogP) is 2.18. The molecule has 0 rings (SSSR count). The molecule has 0 bridgehead atoms. The van der Waals surface area contributed by atoms with Gasteiger partial charge in [-0.3, -0.25) is 4.79 Å². The summed E-state index contributed by atoms with van der Waals surface area (Å²) in [7, 11) is 0. The van der Waals surface area contributed by atoms with Crippen LogP contribution in [0.3, 0.4) is 0 Å². The van der Waals surface area contributed by atoms with Crippen molar-refractivity contribution in [2.24, 2.45) is 5.73 Å². The van der Waals surface area contributed by atoms with Crippen molar-refractivity contribution in [2.75, 3.05) is 19.6 Å². The summed E-state index contributed by atoms with van der Waals surface area (Å²) in [5.74, 6) is -0.327. The minimum atomic E-state index is -0.327. The highest BCUT2D eigenvalue weighted by atomic mass is 16.1. The van der Waals surface area contributed by atoms with Gasteiger partial charge in [0.15, 0.2) is 0 Å². The third-order valence-electron chi connectivity index (χ3n) is 2.24. The van der Waals surface area contributed by atoms with Gasteiger partial charge >= 0.3 is 0 Å². The maximum atomic E-state index is 10.2. The molecule has 0 heterocycles. The first-order chi connectivity index (χ1) is 7.03. The maximum absolute atomic E-state index is 10.2. The Kier molecular flexibility index (Phi) is 12.4. The topological polar surface area (TPSA) is 46.3 Å². The molecule has 0 atom stereocenters. The van der Waals surface area contributed by atoms with Crippen molar-refractivity contribution >= 4 is 5.91 Å². The van der Waals surface area contributed by atoms with Gasteiger partial charge in [-0.1, -0.05) is 33.8 Å². The Morgan fingerprint density at radius 3 is 1.60 bits per heavy atom. The fraction of sp³-hybridized carbons (Fsp3) is 0.750. The fourth-order valence-corrected chi connectivity index (χ4v) is 1.08. The quantitative estimate of drug-likeness (QED) is 0.713. The van der Waals surface area contributed by atoms with Crippen LogP contribution in [0.25, 0.3) is 0 Å². The minimum absolute atomic E-state index is 0.327. The zero-order valence-electron chi connectivity index (χ0n) is 10.8. The van der Waals surface area contributed by atoms with Crippen molar-refractivity contribution < 1.29 is 4.79 Å². The van der Waals surface area contributed by atoms with E-state index in [2.05, 4.69) is 25.7 Å². The summed E-state index contributed by atoms with van der Waals surface area (Å²) >= 11 is 0. The second kappa shape index (κ2) is 11.2. The van der Waals surface area contributed by atoms with E-state index in [1.807, 2.05) is 13.0 Å². The van der Waals surface area contributed by atoms with Crippen LogP contribution < -0.4 is 5.73 Å². The van der Waals surface area contributed by atoms with Gasteiger partial charge in [0.1, 0.15) is 0 Å². The molecule has 0 spiro atoms. The van der Waals surface area contributed by atoms with Crippen LogP contribution in [-0.2, 0) is 4.79 Å². The van der Waals surface area contributed by atoms with E-state index < -0.39 is 0 Å². The van der Waals surface area contributed by atoms with Crippen LogP contribution in [-0.4, -0.2) is 30.4 Å². The van der Waals surface area contributed by atoms with Gasteiger partial charge in [0.2, 0.25) is 5.91 Å². The van der Waals surface area contributed by atoms with Crippen LogP contribution in [0.2, 0.25) is 0 Å². The second-order valence-electron chi connectivity index (χ2n) is 3.28. The molecule has 1 amide bonds. The van der Waals surface area contributed by atoms with E-state index in [1.165, 1.54) is 19.6 Å². The number of nitrogens with zero attached hydrogens (tertiary/aromatic N) is 1. The summed E-state index contributed by atoms with van der Waals surface area (Å²) in [4.78, 5) is 12.6. The molecule has 0 saturated carbocycles. The highest BCUT2D eigenvalue weighted by Crippen LogP contribution is 1.91. The Labute approximate surface area is 94.3 Å². The second-order valence-corrected chi connectivity index (χ2v) is 3.28. The van der Waals surface area contributed by atoms with Crippen molar-refractivity contribution in [3.05, 3.63) is 11.6 Å². The molecule has 0 unspecified atom stereocenters. The SMILES string of the molecule is CCC=C(C)C(N)=O.CCN(CC)CC. The Morgan fingerprint density at radius 2 is 1.53 bits per heavy atom. The van der Waals surface area contributed by atoms with Gasteiger partial charge in [0.25, 0.3) is 0 Å². The van der Waals surface area contributed by atoms with E-state index >= 15 is 0 Å². The van der Waals surface area contributed by atoms with Crippen molar-refractivity contribution in [1.29, 1.82) is 0 Å². The Hall–Kier alpha value is -0.830. The van der Waals surface area contributed by atoms with E-state index in [0.717, 1.165) is 6.42 Å². The molecule has 90 valence electrons. The molecular weight excluding hydrogens is 188 g/mol. The van der Waals surface area contributed by atoms with E-state index in [9.17, 15) is 4.79 Å². The summed E-state index contributed by atoms with van der Waals surface area (Å²) in [6.07, 6.45) is 2.68. The normalized spacial score (nSPS) is 10.9. The smallest absolute Gasteiger partial charge is 0.244 e. The molecule has 0 saturated heterocycles. The van der Waals surface area contributed by atoms with E-state index in [4.69, 9.17) is 5.73 Å². The van der Waals surface area contributed by atoms with Crippen molar-refractivity contribution in [3.8, 4) is 0 Å². The first kappa shape index (κ1) is 16.6. The molecule has 3 nitrogen and oxygen atoms in total. The van der Waals surface area contributed by atoms with Gasteiger partial charge < -0.3 is 10.6 Å². The molecule has 2 N–H and O–H groups in total. The molecule has 15 heavy (non-hydrogen) atoms. The molecule has 0 aromatic rings. The van der Waals surface area contributed by atoms with Crippen LogP contribution in [0.4, 0.5) is 0 Å². The van der Waals surface area contributed by atoms with Gasteiger partial charge in [-0.15, -0.1) is 0 Å². The van der Waals surface area contributed by atoms with Gasteiger partial charge in [-0.25, -0.2) is 0 Å². The van der Waals surface area contributed by atoms with Gasteiger partial charge in [-0.2, -0.15) is 0 Å². The monoisotopic (exact) mass is 214 g/mol. The van der Waals surface area contributed by atoms with Crippen molar-refractivity contribution in [1.82, 2.24) is 4.90 Å². The van der Waals surface area contributed by atoms with Crippen LogP contribution in [0, 0.1) is 0 Å². The Bertz CT molecular complexity index is 179. The Balaban J connectivity index is 0. The summed E-state index contributed by atoms with van der Waals surface area (Å²) in [6.45, 7) is 13.8. The fourth-order valence-electron chi connectivity index (χ4n) is 1.08. The summed E-state index contributed by atoms with van der Waals surface area (Å²) in [6, 6.07) is 0. The molecule has 0 aliphatic rings. The zero-order chi connectivity index (χ0) is 12.3. The first-order valence-corrected chi connectivity index (χ1v) is 5.72. The Morgan fingerprint density at radius 1 is 1.13 bits per heavy atom. The number of hydrogen-bond acceptors (Lipinski definition) is 2. The van der Waals surface area contributed by atoms with Crippen LogP contribution in [0.1, 0.15) is 41.0 Å². The molecular formula is C12H26N2O. The number of primary amides is 1. The lowest BCUT2D eigenvalue weighted by atomic mass is 10.2. The van der Waals surface area contributed by atoms with Gasteiger partial charge in [0.05, 0.1) is 0 Å². The van der Waals surface area contributed by atoms with Crippen molar-refractivity contribution in [2.45, 2.75) is 41.0 Å². The van der Waals surface area contributed by atoms with E-state index in [0.29, 0.717) is 5.57 Å². The number of carbonyl (C=O) groups excluding carboxylic acids is 1. The van der Waals surface area contributed by atoms with E-state index in [-0.39, 0.29) is 5.91 Å². The van der Waals surface area contributed by atoms with E-state index in [1.54, 1.807) is 6.92 Å². The molecule has 0 aromatic carbocycles.